The van der Waals surface area contributed by atoms with Crippen LogP contribution < -0.4 is 0 Å². The summed E-state index contributed by atoms with van der Waals surface area (Å²) in [7, 11) is 0. The first-order valence-corrected chi connectivity index (χ1v) is 5.10. The molecule has 1 aromatic heterocycles. The Hall–Kier alpha value is -0.590. The lowest BCUT2D eigenvalue weighted by Crippen LogP contribution is -1.85. The molecule has 1 nitrogen and oxygen atoms in total. The van der Waals surface area contributed by atoms with Crippen molar-refractivity contribution in [3.05, 3.63) is 28.8 Å². The number of rotatable bonds is 1. The highest BCUT2D eigenvalue weighted by atomic mass is 79.9. The van der Waals surface area contributed by atoms with E-state index in [0.717, 1.165) is 11.5 Å². The summed E-state index contributed by atoms with van der Waals surface area (Å²) in [5.74, 6) is 5.15. The molecule has 1 aromatic rings. The summed E-state index contributed by atoms with van der Waals surface area (Å²) in [6, 6.07) is 1.27. The Balaban J connectivity index is 2.89. The van der Waals surface area contributed by atoms with Gasteiger partial charge < -0.3 is 0 Å². The minimum atomic E-state index is -0.424. The molecule has 0 saturated carbocycles. The lowest BCUT2D eigenvalue weighted by Gasteiger charge is -1.93. The van der Waals surface area contributed by atoms with Crippen LogP contribution >= 0.6 is 27.5 Å². The molecule has 0 fully saturated rings. The molecule has 0 aliphatic rings. The third-order valence-electron chi connectivity index (χ3n) is 1.25. The van der Waals surface area contributed by atoms with Crippen molar-refractivity contribution in [3.63, 3.8) is 0 Å². The zero-order chi connectivity index (χ0) is 9.68. The molecule has 68 valence electrons. The quantitative estimate of drug-likeness (QED) is 0.431. The van der Waals surface area contributed by atoms with Crippen molar-refractivity contribution >= 4 is 27.5 Å². The van der Waals surface area contributed by atoms with Crippen LogP contribution in [-0.4, -0.2) is 10.3 Å². The second-order valence-corrected chi connectivity index (χ2v) is 3.38. The smallest absolute Gasteiger partial charge is 0.144 e. The highest BCUT2D eigenvalue weighted by molar-refractivity contribution is 9.09. The Morgan fingerprint density at radius 1 is 1.62 bits per heavy atom. The third-order valence-corrected chi connectivity index (χ3v) is 1.95. The normalized spacial score (nSPS) is 9.15. The Morgan fingerprint density at radius 3 is 3.08 bits per heavy atom. The molecule has 0 amide bonds. The maximum Gasteiger partial charge on any atom is 0.144 e. The average Bonchev–Trinajstić information content (AvgIpc) is 2.11. The lowest BCUT2D eigenvalue weighted by atomic mass is 10.3. The molecule has 0 aliphatic heterocycles. The first-order chi connectivity index (χ1) is 6.24. The molecule has 0 aromatic carbocycles. The molecule has 13 heavy (non-hydrogen) atoms. The van der Waals surface area contributed by atoms with E-state index in [1.165, 1.54) is 6.07 Å². The minimum absolute atomic E-state index is 0.239. The third kappa shape index (κ3) is 3.33. The number of hydrogen-bond donors (Lipinski definition) is 0. The van der Waals surface area contributed by atoms with Crippen LogP contribution in [0.15, 0.2) is 12.3 Å². The van der Waals surface area contributed by atoms with E-state index in [1.807, 2.05) is 0 Å². The molecule has 0 aliphatic carbocycles. The molecular weight excluding hydrogens is 256 g/mol. The Morgan fingerprint density at radius 2 is 2.38 bits per heavy atom. The fourth-order valence-electron chi connectivity index (χ4n) is 0.715. The Labute approximate surface area is 89.4 Å². The number of halogens is 3. The van der Waals surface area contributed by atoms with Gasteiger partial charge in [0.2, 0.25) is 0 Å². The van der Waals surface area contributed by atoms with Crippen molar-refractivity contribution in [1.82, 2.24) is 4.98 Å². The van der Waals surface area contributed by atoms with Gasteiger partial charge in [-0.25, -0.2) is 9.37 Å². The van der Waals surface area contributed by atoms with E-state index in [0.29, 0.717) is 12.0 Å². The van der Waals surface area contributed by atoms with Crippen molar-refractivity contribution < 1.29 is 4.39 Å². The molecule has 0 unspecified atom stereocenters. The van der Waals surface area contributed by atoms with Gasteiger partial charge in [-0.05, 0) is 6.07 Å². The second-order valence-electron chi connectivity index (χ2n) is 2.23. The van der Waals surface area contributed by atoms with Crippen molar-refractivity contribution in [2.75, 3.05) is 5.33 Å². The highest BCUT2D eigenvalue weighted by Gasteiger charge is 1.99. The van der Waals surface area contributed by atoms with Crippen LogP contribution in [0.5, 0.6) is 0 Å². The monoisotopic (exact) mass is 261 g/mol. The highest BCUT2D eigenvalue weighted by Crippen LogP contribution is 2.11. The van der Waals surface area contributed by atoms with Gasteiger partial charge in [-0.2, -0.15) is 0 Å². The van der Waals surface area contributed by atoms with Gasteiger partial charge in [0.1, 0.15) is 11.0 Å². The molecule has 0 atom stereocenters. The van der Waals surface area contributed by atoms with Gasteiger partial charge in [-0.1, -0.05) is 39.4 Å². The summed E-state index contributed by atoms with van der Waals surface area (Å²) in [6.07, 6.45) is 1.77. The average molecular weight is 263 g/mol. The largest absolute Gasteiger partial charge is 0.240 e. The molecular formula is C9H6BrClFN. The summed E-state index contributed by atoms with van der Waals surface area (Å²) >= 11 is 8.91. The maximum absolute atomic E-state index is 12.7. The Bertz CT molecular complexity index is 356. The number of alkyl halides is 1. The summed E-state index contributed by atoms with van der Waals surface area (Å²) < 4.78 is 12.7. The molecule has 1 heterocycles. The number of aromatic nitrogens is 1. The fourth-order valence-corrected chi connectivity index (χ4v) is 1.06. The zero-order valence-electron chi connectivity index (χ0n) is 6.65. The van der Waals surface area contributed by atoms with Crippen LogP contribution in [0, 0.1) is 17.7 Å². The van der Waals surface area contributed by atoms with Gasteiger partial charge >= 0.3 is 0 Å². The van der Waals surface area contributed by atoms with Crippen molar-refractivity contribution in [1.29, 1.82) is 0 Å². The predicted octanol–water partition coefficient (Wildman–Crippen LogP) is 3.01. The number of hydrogen-bond acceptors (Lipinski definition) is 1. The topological polar surface area (TPSA) is 12.9 Å². The van der Waals surface area contributed by atoms with Gasteiger partial charge in [0.15, 0.2) is 0 Å². The maximum atomic E-state index is 12.7. The molecule has 0 bridgehead atoms. The summed E-state index contributed by atoms with van der Waals surface area (Å²) in [5.41, 5.74) is 0.433. The second kappa shape index (κ2) is 5.21. The van der Waals surface area contributed by atoms with E-state index in [4.69, 9.17) is 11.6 Å². The van der Waals surface area contributed by atoms with Gasteiger partial charge in [0, 0.05) is 11.8 Å². The first-order valence-electron chi connectivity index (χ1n) is 3.60. The molecule has 0 N–H and O–H groups in total. The SMILES string of the molecule is Fc1cnc(Cl)c(C#CCCBr)c1. The minimum Gasteiger partial charge on any atom is -0.240 e. The standard InChI is InChI=1S/C9H6BrClFN/c10-4-2-1-3-7-5-8(12)6-13-9(7)11/h5-6H,2,4H2. The summed E-state index contributed by atoms with van der Waals surface area (Å²) in [5, 5.41) is 1.03. The van der Waals surface area contributed by atoms with Crippen LogP contribution in [-0.2, 0) is 0 Å². The van der Waals surface area contributed by atoms with Crippen molar-refractivity contribution in [3.8, 4) is 11.8 Å². The summed E-state index contributed by atoms with van der Waals surface area (Å²) in [4.78, 5) is 3.63. The number of nitrogens with zero attached hydrogens (tertiary/aromatic N) is 1. The zero-order valence-corrected chi connectivity index (χ0v) is 8.99. The lowest BCUT2D eigenvalue weighted by molar-refractivity contribution is 0.621. The van der Waals surface area contributed by atoms with Gasteiger partial charge in [0.25, 0.3) is 0 Å². The van der Waals surface area contributed by atoms with Crippen LogP contribution in [0.4, 0.5) is 4.39 Å². The first kappa shape index (κ1) is 10.5. The molecule has 0 spiro atoms. The fraction of sp³-hybridized carbons (Fsp3) is 0.222. The molecule has 0 radical (unpaired) electrons. The van der Waals surface area contributed by atoms with Gasteiger partial charge in [-0.15, -0.1) is 0 Å². The van der Waals surface area contributed by atoms with Crippen LogP contribution in [0.3, 0.4) is 0 Å². The van der Waals surface area contributed by atoms with Crippen LogP contribution in [0.25, 0.3) is 0 Å². The van der Waals surface area contributed by atoms with Crippen molar-refractivity contribution in [2.45, 2.75) is 6.42 Å². The predicted molar refractivity (Wildman–Crippen MR) is 54.5 cm³/mol. The van der Waals surface area contributed by atoms with E-state index in [9.17, 15) is 4.39 Å². The molecule has 1 rings (SSSR count). The van der Waals surface area contributed by atoms with Gasteiger partial charge in [0.05, 0.1) is 11.8 Å². The van der Waals surface area contributed by atoms with Crippen molar-refractivity contribution in [2.24, 2.45) is 0 Å². The number of pyridine rings is 1. The molecule has 0 saturated heterocycles. The van der Waals surface area contributed by atoms with E-state index in [1.54, 1.807) is 0 Å². The summed E-state index contributed by atoms with van der Waals surface area (Å²) in [6.45, 7) is 0. The van der Waals surface area contributed by atoms with E-state index >= 15 is 0 Å². The van der Waals surface area contributed by atoms with Gasteiger partial charge in [-0.3, -0.25) is 0 Å². The van der Waals surface area contributed by atoms with E-state index < -0.39 is 5.82 Å². The van der Waals surface area contributed by atoms with Crippen LogP contribution in [0.2, 0.25) is 5.15 Å². The van der Waals surface area contributed by atoms with E-state index in [2.05, 4.69) is 32.8 Å². The van der Waals surface area contributed by atoms with E-state index in [-0.39, 0.29) is 5.15 Å². The van der Waals surface area contributed by atoms with Crippen LogP contribution in [0.1, 0.15) is 12.0 Å². The molecule has 4 heteroatoms. The Kier molecular flexibility index (Phi) is 4.20.